The number of carbonyl (C=O) groups is 1. The molecule has 202 valence electrons. The van der Waals surface area contributed by atoms with Crippen LogP contribution in [0, 0.1) is 0 Å². The van der Waals surface area contributed by atoms with Crippen molar-refractivity contribution in [3.05, 3.63) is 76.1 Å². The molecule has 0 saturated carbocycles. The van der Waals surface area contributed by atoms with E-state index in [1.165, 1.54) is 19.1 Å². The predicted octanol–water partition coefficient (Wildman–Crippen LogP) is 1.82. The van der Waals surface area contributed by atoms with Crippen LogP contribution >= 0.6 is 7.75 Å². The van der Waals surface area contributed by atoms with E-state index in [0.29, 0.717) is 0 Å². The van der Waals surface area contributed by atoms with Crippen molar-refractivity contribution in [1.82, 2.24) is 14.6 Å². The fourth-order valence-electron chi connectivity index (χ4n) is 3.49. The van der Waals surface area contributed by atoms with E-state index in [9.17, 15) is 24.1 Å². The van der Waals surface area contributed by atoms with Crippen molar-refractivity contribution in [3.63, 3.8) is 0 Å². The number of nitrogens with zero attached hydrogens (tertiary/aromatic N) is 1. The van der Waals surface area contributed by atoms with Crippen LogP contribution in [0.4, 0.5) is 4.39 Å². The highest BCUT2D eigenvalue weighted by atomic mass is 31.2. The highest BCUT2D eigenvalue weighted by Crippen LogP contribution is 2.48. The summed E-state index contributed by atoms with van der Waals surface area (Å²) in [6.45, 7) is 7.49. The molecule has 3 rings (SSSR count). The van der Waals surface area contributed by atoms with Gasteiger partial charge in [0, 0.05) is 12.3 Å². The van der Waals surface area contributed by atoms with Gasteiger partial charge in [0.05, 0.1) is 12.7 Å². The zero-order valence-electron chi connectivity index (χ0n) is 20.4. The van der Waals surface area contributed by atoms with E-state index in [4.69, 9.17) is 18.5 Å². The van der Waals surface area contributed by atoms with Crippen LogP contribution in [0.2, 0.25) is 0 Å². The Hall–Kier alpha value is -3.09. The Morgan fingerprint density at radius 1 is 1.32 bits per heavy atom. The number of nitrogens with one attached hydrogen (secondary N) is 2. The maximum Gasteiger partial charge on any atom is 0.459 e. The van der Waals surface area contributed by atoms with Gasteiger partial charge in [-0.2, -0.15) is 5.09 Å². The van der Waals surface area contributed by atoms with E-state index in [1.807, 2.05) is 4.98 Å². The molecule has 12 nitrogen and oxygen atoms in total. The minimum atomic E-state index is -4.39. The second-order valence-electron chi connectivity index (χ2n) is 8.59. The number of para-hydroxylation sites is 1. The molecule has 6 atom stereocenters. The van der Waals surface area contributed by atoms with Gasteiger partial charge >= 0.3 is 19.4 Å². The fraction of sp³-hybridized carbons (Fsp3) is 0.435. The number of benzene rings is 1. The monoisotopic (exact) mass is 541 g/mol. The van der Waals surface area contributed by atoms with E-state index < -0.39 is 67.8 Å². The van der Waals surface area contributed by atoms with Gasteiger partial charge in [0.15, 0.2) is 12.4 Å². The van der Waals surface area contributed by atoms with Gasteiger partial charge in [-0.15, -0.1) is 6.58 Å². The molecule has 2 heterocycles. The number of ether oxygens (including phenoxy) is 2. The number of H-pyrrole nitrogens is 1. The lowest BCUT2D eigenvalue weighted by molar-refractivity contribution is -0.149. The minimum absolute atomic E-state index is 0.129. The largest absolute Gasteiger partial charge is 0.462 e. The number of rotatable bonds is 11. The molecule has 1 aliphatic rings. The molecule has 1 fully saturated rings. The smallest absolute Gasteiger partial charge is 0.459 e. The van der Waals surface area contributed by atoms with Crippen LogP contribution in [0.3, 0.4) is 0 Å². The molecule has 37 heavy (non-hydrogen) atoms. The first-order valence-corrected chi connectivity index (χ1v) is 12.9. The van der Waals surface area contributed by atoms with Gasteiger partial charge in [0.2, 0.25) is 0 Å². The van der Waals surface area contributed by atoms with Crippen LogP contribution in [0.1, 0.15) is 27.0 Å². The summed E-state index contributed by atoms with van der Waals surface area (Å²) in [4.78, 5) is 37.8. The summed E-state index contributed by atoms with van der Waals surface area (Å²) in [5.41, 5.74) is -3.66. The van der Waals surface area contributed by atoms with Crippen molar-refractivity contribution >= 4 is 13.7 Å². The Morgan fingerprint density at radius 2 is 2.00 bits per heavy atom. The molecule has 0 radical (unpaired) electrons. The van der Waals surface area contributed by atoms with Gasteiger partial charge in [0.25, 0.3) is 5.56 Å². The summed E-state index contributed by atoms with van der Waals surface area (Å²) < 4.78 is 51.4. The summed E-state index contributed by atoms with van der Waals surface area (Å²) in [5.74, 6) is -0.600. The van der Waals surface area contributed by atoms with Crippen molar-refractivity contribution in [2.45, 2.75) is 57.0 Å². The number of carbonyl (C=O) groups excluding carboxylic acids is 1. The first kappa shape index (κ1) is 28.5. The summed E-state index contributed by atoms with van der Waals surface area (Å²) in [6, 6.07) is 7.76. The molecule has 1 aromatic heterocycles. The van der Waals surface area contributed by atoms with Crippen LogP contribution < -0.4 is 20.9 Å². The van der Waals surface area contributed by atoms with Gasteiger partial charge in [-0.1, -0.05) is 24.3 Å². The van der Waals surface area contributed by atoms with Crippen LogP contribution in [0.15, 0.2) is 64.8 Å². The van der Waals surface area contributed by atoms with Crippen LogP contribution in [-0.4, -0.2) is 57.3 Å². The molecule has 0 bridgehead atoms. The molecule has 3 N–H and O–H groups in total. The summed E-state index contributed by atoms with van der Waals surface area (Å²) in [7, 11) is -4.39. The van der Waals surface area contributed by atoms with Crippen molar-refractivity contribution < 1.29 is 37.4 Å². The van der Waals surface area contributed by atoms with Crippen LogP contribution in [0.25, 0.3) is 0 Å². The molecule has 0 amide bonds. The van der Waals surface area contributed by atoms with E-state index in [-0.39, 0.29) is 5.75 Å². The molecular formula is C23H29FN3O9P. The molecule has 0 spiro atoms. The van der Waals surface area contributed by atoms with Gasteiger partial charge in [-0.25, -0.2) is 13.8 Å². The number of hydrogen-bond donors (Lipinski definition) is 3. The van der Waals surface area contributed by atoms with Crippen LogP contribution in [0.5, 0.6) is 5.75 Å². The molecule has 2 aromatic rings. The normalized spacial score (nSPS) is 25.8. The molecule has 0 aliphatic carbocycles. The summed E-state index contributed by atoms with van der Waals surface area (Å²) in [6.07, 6.45) is -4.12. The lowest BCUT2D eigenvalue weighted by atomic mass is 9.97. The highest BCUT2D eigenvalue weighted by molar-refractivity contribution is 7.52. The number of hydrogen-bond acceptors (Lipinski definition) is 9. The maximum atomic E-state index is 15.1. The number of alkyl halides is 1. The zero-order valence-corrected chi connectivity index (χ0v) is 21.3. The second kappa shape index (κ2) is 11.5. The summed E-state index contributed by atoms with van der Waals surface area (Å²) in [5, 5.41) is 13.2. The number of aromatic amines is 1. The predicted molar refractivity (Wildman–Crippen MR) is 130 cm³/mol. The van der Waals surface area contributed by atoms with Crippen molar-refractivity contribution in [3.8, 4) is 5.75 Å². The van der Waals surface area contributed by atoms with Gasteiger partial charge < -0.3 is 19.1 Å². The Morgan fingerprint density at radius 3 is 2.59 bits per heavy atom. The molecule has 1 aliphatic heterocycles. The van der Waals surface area contributed by atoms with E-state index in [1.54, 1.807) is 32.0 Å². The average Bonchev–Trinajstić information content (AvgIpc) is 3.08. The lowest BCUT2D eigenvalue weighted by Gasteiger charge is -2.30. The first-order valence-electron chi connectivity index (χ1n) is 11.3. The van der Waals surface area contributed by atoms with Gasteiger partial charge in [0.1, 0.15) is 23.5 Å². The number of halogens is 1. The second-order valence-corrected chi connectivity index (χ2v) is 10.3. The minimum Gasteiger partial charge on any atom is -0.462 e. The average molecular weight is 541 g/mol. The fourth-order valence-corrected chi connectivity index (χ4v) is 5.02. The van der Waals surface area contributed by atoms with Crippen molar-refractivity contribution in [2.75, 3.05) is 6.61 Å². The molecule has 1 aromatic carbocycles. The Bertz CT molecular complexity index is 1270. The first-order chi connectivity index (χ1) is 17.4. The topological polar surface area (TPSA) is 158 Å². The molecule has 1 unspecified atom stereocenters. The zero-order chi connectivity index (χ0) is 27.4. The number of esters is 1. The lowest BCUT2D eigenvalue weighted by Crippen LogP contribution is -2.45. The Kier molecular flexibility index (Phi) is 8.88. The number of aromatic nitrogens is 2. The maximum absolute atomic E-state index is 15.1. The van der Waals surface area contributed by atoms with E-state index in [0.717, 1.165) is 22.9 Å². The van der Waals surface area contributed by atoms with Crippen molar-refractivity contribution in [2.24, 2.45) is 0 Å². The SMILES string of the molecule is C=C[C@]1(COP(=O)(N[C@@H](C)C(=O)OC(C)C)Oc2ccccc2)O[C@@H](n2ccc(=O)[nH]c2=O)[C@H](F)[C@@H]1O. The van der Waals surface area contributed by atoms with Gasteiger partial charge in [-0.3, -0.25) is 23.7 Å². The molecular weight excluding hydrogens is 512 g/mol. The number of aliphatic hydroxyl groups excluding tert-OH is 1. The number of aliphatic hydroxyl groups is 1. The van der Waals surface area contributed by atoms with E-state index >= 15 is 4.39 Å². The standard InChI is InChI=1S/C23H29FN3O9P/c1-5-23(19(29)18(24)20(35-23)27-12-11-17(28)25-22(27)31)13-33-37(32,36-16-9-7-6-8-10-16)26-15(4)21(30)34-14(2)3/h5-12,14-15,18-20,29H,1,13H2,2-4H3,(H,26,32)(H,25,28,31)/t15-,18+,19-,20+,23+,37?/m0/s1. The third kappa shape index (κ3) is 6.62. The Balaban J connectivity index is 1.86. The third-order valence-corrected chi connectivity index (χ3v) is 7.00. The van der Waals surface area contributed by atoms with E-state index in [2.05, 4.69) is 11.7 Å². The van der Waals surface area contributed by atoms with Crippen molar-refractivity contribution in [1.29, 1.82) is 0 Å². The third-order valence-electron chi connectivity index (χ3n) is 5.37. The Labute approximate surface area is 211 Å². The highest BCUT2D eigenvalue weighted by Gasteiger charge is 2.56. The molecule has 1 saturated heterocycles. The van der Waals surface area contributed by atoms with Gasteiger partial charge in [-0.05, 0) is 32.9 Å². The quantitative estimate of drug-likeness (QED) is 0.218. The summed E-state index contributed by atoms with van der Waals surface area (Å²) >= 11 is 0. The van der Waals surface area contributed by atoms with Crippen LogP contribution in [-0.2, 0) is 23.4 Å². The molecule has 14 heteroatoms.